The Morgan fingerprint density at radius 3 is 2.47 bits per heavy atom. The summed E-state index contributed by atoms with van der Waals surface area (Å²) >= 11 is 6.83. The summed E-state index contributed by atoms with van der Waals surface area (Å²) in [6.45, 7) is 2.82. The molecule has 0 atom stereocenters. The van der Waals surface area contributed by atoms with Crippen LogP contribution in [0, 0.1) is 6.92 Å². The molecule has 0 unspecified atom stereocenters. The second-order valence-corrected chi connectivity index (χ2v) is 5.63. The van der Waals surface area contributed by atoms with Crippen molar-refractivity contribution >= 4 is 37.7 Å². The lowest BCUT2D eigenvalue weighted by Crippen LogP contribution is -2.02. The molecule has 0 aliphatic carbocycles. The molecule has 4 heteroatoms. The predicted octanol–water partition coefficient (Wildman–Crippen LogP) is 4.53. The highest BCUT2D eigenvalue weighted by Crippen LogP contribution is 2.18. The van der Waals surface area contributed by atoms with Gasteiger partial charge in [0, 0.05) is 21.7 Å². The van der Waals surface area contributed by atoms with Crippen LogP contribution in [0.1, 0.15) is 11.1 Å². The van der Waals surface area contributed by atoms with Crippen LogP contribution >= 0.6 is 31.9 Å². The Kier molecular flexibility index (Phi) is 4.18. The summed E-state index contributed by atoms with van der Waals surface area (Å²) in [4.78, 5) is 4.34. The number of hydrogen-bond donors (Lipinski definition) is 1. The van der Waals surface area contributed by atoms with Gasteiger partial charge >= 0.3 is 0 Å². The fourth-order valence-electron chi connectivity index (χ4n) is 1.51. The number of halogens is 2. The summed E-state index contributed by atoms with van der Waals surface area (Å²) in [6.07, 6.45) is 1.80. The number of benzene rings is 1. The minimum atomic E-state index is 0.781. The number of pyridine rings is 1. The molecule has 1 aromatic carbocycles. The molecule has 0 amide bonds. The molecule has 17 heavy (non-hydrogen) atoms. The van der Waals surface area contributed by atoms with Gasteiger partial charge in [0.1, 0.15) is 5.82 Å². The van der Waals surface area contributed by atoms with Crippen molar-refractivity contribution in [3.05, 3.63) is 56.6 Å². The van der Waals surface area contributed by atoms with Crippen LogP contribution in [-0.4, -0.2) is 4.98 Å². The van der Waals surface area contributed by atoms with Gasteiger partial charge in [-0.1, -0.05) is 28.1 Å². The summed E-state index contributed by atoms with van der Waals surface area (Å²) in [5.41, 5.74) is 2.37. The van der Waals surface area contributed by atoms with Crippen LogP contribution in [0.25, 0.3) is 0 Å². The summed E-state index contributed by atoms with van der Waals surface area (Å²) in [5.74, 6) is 0.927. The van der Waals surface area contributed by atoms with Gasteiger partial charge in [0.25, 0.3) is 0 Å². The van der Waals surface area contributed by atoms with E-state index in [9.17, 15) is 0 Å². The van der Waals surface area contributed by atoms with Crippen molar-refractivity contribution < 1.29 is 0 Å². The number of aromatic nitrogens is 1. The molecular formula is C13H12Br2N2. The molecule has 1 aromatic heterocycles. The van der Waals surface area contributed by atoms with Crippen LogP contribution in [0.2, 0.25) is 0 Å². The highest BCUT2D eigenvalue weighted by molar-refractivity contribution is 9.10. The zero-order valence-corrected chi connectivity index (χ0v) is 12.5. The van der Waals surface area contributed by atoms with E-state index in [-0.39, 0.29) is 0 Å². The number of nitrogens with one attached hydrogen (secondary N) is 1. The molecule has 2 rings (SSSR count). The Labute approximate surface area is 118 Å². The summed E-state index contributed by atoms with van der Waals surface area (Å²) < 4.78 is 2.10. The van der Waals surface area contributed by atoms with Gasteiger partial charge in [-0.05, 0) is 52.2 Å². The Balaban J connectivity index is 2.04. The molecule has 88 valence electrons. The van der Waals surface area contributed by atoms with Crippen molar-refractivity contribution in [3.8, 4) is 0 Å². The smallest absolute Gasteiger partial charge is 0.129 e. The summed E-state index contributed by atoms with van der Waals surface area (Å²) in [7, 11) is 0. The van der Waals surface area contributed by atoms with Crippen LogP contribution in [0.5, 0.6) is 0 Å². The molecule has 2 aromatic rings. The maximum Gasteiger partial charge on any atom is 0.129 e. The molecular weight excluding hydrogens is 344 g/mol. The predicted molar refractivity (Wildman–Crippen MR) is 78.1 cm³/mol. The molecule has 2 nitrogen and oxygen atoms in total. The third-order valence-electron chi connectivity index (χ3n) is 2.42. The number of hydrogen-bond acceptors (Lipinski definition) is 2. The van der Waals surface area contributed by atoms with Gasteiger partial charge in [-0.15, -0.1) is 0 Å². The van der Waals surface area contributed by atoms with E-state index in [0.29, 0.717) is 0 Å². The van der Waals surface area contributed by atoms with Crippen LogP contribution in [0.3, 0.4) is 0 Å². The quantitative estimate of drug-likeness (QED) is 0.875. The topological polar surface area (TPSA) is 24.9 Å². The van der Waals surface area contributed by atoms with Gasteiger partial charge in [-0.2, -0.15) is 0 Å². The number of nitrogens with zero attached hydrogens (tertiary/aromatic N) is 1. The zero-order valence-electron chi connectivity index (χ0n) is 9.37. The molecule has 0 saturated carbocycles. The Hall–Kier alpha value is -0.870. The van der Waals surface area contributed by atoms with Crippen molar-refractivity contribution in [1.82, 2.24) is 4.98 Å². The van der Waals surface area contributed by atoms with Crippen LogP contribution in [0.4, 0.5) is 5.82 Å². The second-order valence-electron chi connectivity index (χ2n) is 3.80. The lowest BCUT2D eigenvalue weighted by Gasteiger charge is -2.08. The Morgan fingerprint density at radius 2 is 1.82 bits per heavy atom. The molecule has 0 fully saturated rings. The third-order valence-corrected chi connectivity index (χ3v) is 3.38. The van der Waals surface area contributed by atoms with Crippen LogP contribution in [-0.2, 0) is 6.54 Å². The molecule has 1 N–H and O–H groups in total. The maximum absolute atomic E-state index is 4.34. The first-order chi connectivity index (χ1) is 8.15. The van der Waals surface area contributed by atoms with Crippen molar-refractivity contribution in [2.45, 2.75) is 13.5 Å². The van der Waals surface area contributed by atoms with Gasteiger partial charge in [0.2, 0.25) is 0 Å². The van der Waals surface area contributed by atoms with Crippen molar-refractivity contribution in [1.29, 1.82) is 0 Å². The van der Waals surface area contributed by atoms with Crippen LogP contribution < -0.4 is 5.32 Å². The Morgan fingerprint density at radius 1 is 1.12 bits per heavy atom. The normalized spacial score (nSPS) is 10.3. The zero-order chi connectivity index (χ0) is 12.3. The highest BCUT2D eigenvalue weighted by atomic mass is 79.9. The summed E-state index contributed by atoms with van der Waals surface area (Å²) in [6, 6.07) is 10.3. The lowest BCUT2D eigenvalue weighted by molar-refractivity contribution is 1.09. The first kappa shape index (κ1) is 12.6. The molecule has 1 heterocycles. The maximum atomic E-state index is 4.34. The molecule has 0 aliphatic rings. The first-order valence-corrected chi connectivity index (χ1v) is 6.84. The van der Waals surface area contributed by atoms with Gasteiger partial charge < -0.3 is 5.32 Å². The monoisotopic (exact) mass is 354 g/mol. The molecule has 0 spiro atoms. The van der Waals surface area contributed by atoms with Crippen molar-refractivity contribution in [2.75, 3.05) is 5.32 Å². The van der Waals surface area contributed by atoms with E-state index < -0.39 is 0 Å². The Bertz CT molecular complexity index is 509. The molecule has 0 radical (unpaired) electrons. The van der Waals surface area contributed by atoms with Crippen molar-refractivity contribution in [2.24, 2.45) is 0 Å². The van der Waals surface area contributed by atoms with Gasteiger partial charge in [0.15, 0.2) is 0 Å². The average Bonchev–Trinajstić information content (AvgIpc) is 2.30. The fraction of sp³-hybridized carbons (Fsp3) is 0.154. The van der Waals surface area contributed by atoms with Gasteiger partial charge in [0.05, 0.1) is 0 Å². The van der Waals surface area contributed by atoms with E-state index in [1.165, 1.54) is 5.56 Å². The SMILES string of the molecule is Cc1cc(Br)cnc1NCc1ccc(Br)cc1. The van der Waals surface area contributed by atoms with Gasteiger partial charge in [-0.3, -0.25) is 0 Å². The molecule has 0 saturated heterocycles. The number of rotatable bonds is 3. The molecule has 0 bridgehead atoms. The van der Waals surface area contributed by atoms with E-state index in [0.717, 1.165) is 26.9 Å². The summed E-state index contributed by atoms with van der Waals surface area (Å²) in [5, 5.41) is 3.33. The first-order valence-electron chi connectivity index (χ1n) is 5.25. The highest BCUT2D eigenvalue weighted by Gasteiger charge is 2.00. The van der Waals surface area contributed by atoms with E-state index >= 15 is 0 Å². The van der Waals surface area contributed by atoms with E-state index in [1.807, 2.05) is 19.1 Å². The average molecular weight is 356 g/mol. The lowest BCUT2D eigenvalue weighted by atomic mass is 10.2. The minimum Gasteiger partial charge on any atom is -0.366 e. The molecule has 0 aliphatic heterocycles. The van der Waals surface area contributed by atoms with E-state index in [4.69, 9.17) is 0 Å². The number of aryl methyl sites for hydroxylation is 1. The minimum absolute atomic E-state index is 0.781. The van der Waals surface area contributed by atoms with Gasteiger partial charge in [-0.25, -0.2) is 4.98 Å². The van der Waals surface area contributed by atoms with E-state index in [2.05, 4.69) is 60.4 Å². The number of anilines is 1. The van der Waals surface area contributed by atoms with E-state index in [1.54, 1.807) is 6.20 Å². The van der Waals surface area contributed by atoms with Crippen LogP contribution in [0.15, 0.2) is 45.5 Å². The fourth-order valence-corrected chi connectivity index (χ4v) is 2.22. The largest absolute Gasteiger partial charge is 0.366 e. The third kappa shape index (κ3) is 3.54. The second kappa shape index (κ2) is 5.65. The van der Waals surface area contributed by atoms with Crippen molar-refractivity contribution in [3.63, 3.8) is 0 Å². The standard InChI is InChI=1S/C13H12Br2N2/c1-9-6-12(15)8-17-13(9)16-7-10-2-4-11(14)5-3-10/h2-6,8H,7H2,1H3,(H,16,17).